The van der Waals surface area contributed by atoms with Crippen LogP contribution in [0.5, 0.6) is 0 Å². The fourth-order valence-corrected chi connectivity index (χ4v) is 3.11. The van der Waals surface area contributed by atoms with Crippen LogP contribution in [0.4, 0.5) is 4.39 Å². The number of benzene rings is 1. The average Bonchev–Trinajstić information content (AvgIpc) is 2.52. The lowest BCUT2D eigenvalue weighted by atomic mass is 10.1. The van der Waals surface area contributed by atoms with Crippen molar-refractivity contribution in [2.24, 2.45) is 4.99 Å². The zero-order valence-electron chi connectivity index (χ0n) is 14.0. The van der Waals surface area contributed by atoms with Crippen molar-refractivity contribution in [2.45, 2.75) is 25.1 Å². The minimum absolute atomic E-state index is 0. The molecule has 0 saturated carbocycles. The Kier molecular flexibility index (Phi) is 14.1. The van der Waals surface area contributed by atoms with Crippen LogP contribution < -0.4 is 10.6 Å². The number of guanidine groups is 1. The van der Waals surface area contributed by atoms with Crippen molar-refractivity contribution in [2.75, 3.05) is 31.9 Å². The van der Waals surface area contributed by atoms with E-state index in [0.29, 0.717) is 6.54 Å². The van der Waals surface area contributed by atoms with Gasteiger partial charge in [0, 0.05) is 25.9 Å². The van der Waals surface area contributed by atoms with Crippen molar-refractivity contribution in [3.8, 4) is 0 Å². The summed E-state index contributed by atoms with van der Waals surface area (Å²) in [4.78, 5) is 4.22. The van der Waals surface area contributed by atoms with Crippen LogP contribution in [0.25, 0.3) is 0 Å². The molecule has 0 radical (unpaired) electrons. The van der Waals surface area contributed by atoms with Gasteiger partial charge in [0.05, 0.1) is 0 Å². The molecule has 1 rings (SSSR count). The summed E-state index contributed by atoms with van der Waals surface area (Å²) in [5.74, 6) is 2.63. The van der Waals surface area contributed by atoms with Gasteiger partial charge in [-0.1, -0.05) is 6.07 Å². The molecule has 0 fully saturated rings. The predicted octanol–water partition coefficient (Wildman–Crippen LogP) is 4.11. The van der Waals surface area contributed by atoms with Gasteiger partial charge < -0.3 is 10.6 Å². The lowest BCUT2D eigenvalue weighted by Gasteiger charge is -2.14. The smallest absolute Gasteiger partial charge is 0.191 e. The topological polar surface area (TPSA) is 36.4 Å². The molecule has 0 amide bonds. The molecule has 0 heterocycles. The van der Waals surface area contributed by atoms with E-state index in [1.807, 2.05) is 24.1 Å². The average molecular weight is 471 g/mol. The molecule has 132 valence electrons. The van der Waals surface area contributed by atoms with E-state index in [-0.39, 0.29) is 29.8 Å². The minimum atomic E-state index is -0.177. The van der Waals surface area contributed by atoms with E-state index in [1.54, 1.807) is 24.9 Å². The summed E-state index contributed by atoms with van der Waals surface area (Å²) in [6.45, 7) is 1.57. The van der Waals surface area contributed by atoms with E-state index in [9.17, 15) is 4.39 Å². The molecule has 2 N–H and O–H groups in total. The molecule has 0 unspecified atom stereocenters. The van der Waals surface area contributed by atoms with Crippen LogP contribution in [0, 0.1) is 5.82 Å². The van der Waals surface area contributed by atoms with E-state index in [4.69, 9.17) is 0 Å². The molecule has 7 heteroatoms. The summed E-state index contributed by atoms with van der Waals surface area (Å²) in [5.41, 5.74) is 2.15. The molecule has 23 heavy (non-hydrogen) atoms. The molecule has 3 nitrogen and oxygen atoms in total. The van der Waals surface area contributed by atoms with Gasteiger partial charge in [-0.2, -0.15) is 23.5 Å². The summed E-state index contributed by atoms with van der Waals surface area (Å²) in [6.07, 6.45) is 6.50. The highest BCUT2D eigenvalue weighted by atomic mass is 127. The zero-order chi connectivity index (χ0) is 16.2. The monoisotopic (exact) mass is 471 g/mol. The maximum absolute atomic E-state index is 13.3. The molecule has 0 aliphatic heterocycles. The Balaban J connectivity index is 0.00000484. The molecule has 0 aliphatic carbocycles. The lowest BCUT2D eigenvalue weighted by molar-refractivity contribution is 0.625. The Morgan fingerprint density at radius 1 is 1.13 bits per heavy atom. The highest BCUT2D eigenvalue weighted by Gasteiger charge is 2.05. The van der Waals surface area contributed by atoms with Crippen molar-refractivity contribution >= 4 is 53.5 Å². The van der Waals surface area contributed by atoms with Gasteiger partial charge in [0.1, 0.15) is 5.82 Å². The van der Waals surface area contributed by atoms with Crippen molar-refractivity contribution in [3.05, 3.63) is 35.1 Å². The Hall–Kier alpha value is -0.150. The summed E-state index contributed by atoms with van der Waals surface area (Å²) < 4.78 is 13.3. The summed E-state index contributed by atoms with van der Waals surface area (Å²) >= 11 is 3.57. The molecule has 0 saturated heterocycles. The normalized spacial score (nSPS) is 11.0. The lowest BCUT2D eigenvalue weighted by Crippen LogP contribution is -2.37. The van der Waals surface area contributed by atoms with Crippen LogP contribution in [0.1, 0.15) is 24.0 Å². The van der Waals surface area contributed by atoms with Gasteiger partial charge in [-0.3, -0.25) is 4.99 Å². The molecular formula is C16H27FIN3S2. The number of thioether (sulfide) groups is 2. The Morgan fingerprint density at radius 3 is 2.57 bits per heavy atom. The molecule has 1 aromatic carbocycles. The number of nitrogens with zero attached hydrogens (tertiary/aromatic N) is 1. The van der Waals surface area contributed by atoms with Crippen LogP contribution in [0.15, 0.2) is 23.2 Å². The third kappa shape index (κ3) is 9.66. The van der Waals surface area contributed by atoms with Gasteiger partial charge in [-0.15, -0.1) is 24.0 Å². The highest BCUT2D eigenvalue weighted by molar-refractivity contribution is 14.0. The van der Waals surface area contributed by atoms with Crippen LogP contribution >= 0.6 is 47.5 Å². The van der Waals surface area contributed by atoms with Crippen molar-refractivity contribution in [1.82, 2.24) is 10.6 Å². The number of hydrogen-bond acceptors (Lipinski definition) is 3. The van der Waals surface area contributed by atoms with E-state index in [1.165, 1.54) is 18.2 Å². The van der Waals surface area contributed by atoms with Crippen LogP contribution in [0.2, 0.25) is 0 Å². The predicted molar refractivity (Wildman–Crippen MR) is 115 cm³/mol. The standard InChI is InChI=1S/C16H26FN3S2.HI/c1-18-16(19-8-4-5-9-21-2)20-11-13-6-7-15(17)10-14(13)12-22-3;/h6-7,10H,4-5,8-9,11-12H2,1-3H3,(H2,18,19,20);1H. The summed E-state index contributed by atoms with van der Waals surface area (Å²) in [6, 6.07) is 4.98. The zero-order valence-corrected chi connectivity index (χ0v) is 18.0. The number of rotatable bonds is 9. The number of unbranched alkanes of at least 4 members (excludes halogenated alkanes) is 1. The molecular weight excluding hydrogens is 444 g/mol. The van der Waals surface area contributed by atoms with E-state index in [2.05, 4.69) is 21.9 Å². The minimum Gasteiger partial charge on any atom is -0.356 e. The van der Waals surface area contributed by atoms with Gasteiger partial charge in [0.25, 0.3) is 0 Å². The van der Waals surface area contributed by atoms with Crippen LogP contribution in [0.3, 0.4) is 0 Å². The molecule has 0 aliphatic rings. The van der Waals surface area contributed by atoms with E-state index >= 15 is 0 Å². The maximum atomic E-state index is 13.3. The SMILES string of the molecule is CN=C(NCCCCSC)NCc1ccc(F)cc1CSC.I. The molecule has 0 spiro atoms. The Bertz CT molecular complexity index is 473. The highest BCUT2D eigenvalue weighted by Crippen LogP contribution is 2.16. The number of hydrogen-bond donors (Lipinski definition) is 2. The van der Waals surface area contributed by atoms with Gasteiger partial charge in [-0.05, 0) is 54.4 Å². The Labute approximate surface area is 165 Å². The molecule has 0 atom stereocenters. The van der Waals surface area contributed by atoms with Gasteiger partial charge >= 0.3 is 0 Å². The molecule has 0 bridgehead atoms. The number of aliphatic imine (C=N–C) groups is 1. The quantitative estimate of drug-likeness (QED) is 0.246. The fourth-order valence-electron chi connectivity index (χ4n) is 2.03. The first-order chi connectivity index (χ1) is 10.7. The fraction of sp³-hybridized carbons (Fsp3) is 0.562. The Morgan fingerprint density at radius 2 is 1.91 bits per heavy atom. The maximum Gasteiger partial charge on any atom is 0.191 e. The third-order valence-corrected chi connectivity index (χ3v) is 4.50. The van der Waals surface area contributed by atoms with Crippen molar-refractivity contribution in [3.63, 3.8) is 0 Å². The van der Waals surface area contributed by atoms with Gasteiger partial charge in [-0.25, -0.2) is 4.39 Å². The first-order valence-corrected chi connectivity index (χ1v) is 10.2. The van der Waals surface area contributed by atoms with Crippen molar-refractivity contribution in [1.29, 1.82) is 0 Å². The first kappa shape index (κ1) is 22.9. The van der Waals surface area contributed by atoms with E-state index < -0.39 is 0 Å². The number of halogens is 2. The van der Waals surface area contributed by atoms with Crippen LogP contribution in [-0.4, -0.2) is 37.8 Å². The largest absolute Gasteiger partial charge is 0.356 e. The second kappa shape index (κ2) is 14.2. The summed E-state index contributed by atoms with van der Waals surface area (Å²) in [7, 11) is 1.77. The van der Waals surface area contributed by atoms with Gasteiger partial charge in [0.15, 0.2) is 5.96 Å². The second-order valence-electron chi connectivity index (χ2n) is 4.90. The van der Waals surface area contributed by atoms with Crippen LogP contribution in [-0.2, 0) is 12.3 Å². The second-order valence-corrected chi connectivity index (χ2v) is 6.75. The number of nitrogens with one attached hydrogen (secondary N) is 2. The summed E-state index contributed by atoms with van der Waals surface area (Å²) in [5, 5.41) is 6.61. The van der Waals surface area contributed by atoms with Crippen molar-refractivity contribution < 1.29 is 4.39 Å². The third-order valence-electron chi connectivity index (χ3n) is 3.21. The first-order valence-electron chi connectivity index (χ1n) is 7.41. The molecule has 1 aromatic rings. The molecule has 0 aromatic heterocycles. The van der Waals surface area contributed by atoms with E-state index in [0.717, 1.165) is 35.8 Å². The van der Waals surface area contributed by atoms with Gasteiger partial charge in [0.2, 0.25) is 0 Å².